The SMILES string of the molecule is F[B-](F)(F)F.N#[N+]c1cc(F)cc(F)c1F. The summed E-state index contributed by atoms with van der Waals surface area (Å²) in [6.07, 6.45) is 0. The first-order chi connectivity index (χ1) is 7.15. The number of nitrogens with zero attached hydrogens (tertiary/aromatic N) is 2. The van der Waals surface area contributed by atoms with Crippen molar-refractivity contribution in [3.05, 3.63) is 34.6 Å². The zero-order valence-electron chi connectivity index (χ0n) is 7.27. The smallest absolute Gasteiger partial charge is 0.418 e. The molecule has 0 unspecified atom stereocenters. The second-order valence-corrected chi connectivity index (χ2v) is 2.32. The predicted octanol–water partition coefficient (Wildman–Crippen LogP) is 3.89. The van der Waals surface area contributed by atoms with Crippen LogP contribution in [0.1, 0.15) is 0 Å². The number of diazo groups is 1. The van der Waals surface area contributed by atoms with Gasteiger partial charge in [-0.15, -0.1) is 0 Å². The third-order valence-corrected chi connectivity index (χ3v) is 1.08. The van der Waals surface area contributed by atoms with E-state index in [0.29, 0.717) is 12.1 Å². The fraction of sp³-hybridized carbons (Fsp3) is 0. The van der Waals surface area contributed by atoms with Crippen LogP contribution in [0.5, 0.6) is 0 Å². The van der Waals surface area contributed by atoms with Gasteiger partial charge in [0.05, 0.1) is 6.07 Å². The Hall–Kier alpha value is -1.79. The fourth-order valence-electron chi connectivity index (χ4n) is 0.615. The van der Waals surface area contributed by atoms with Gasteiger partial charge in [0.15, 0.2) is 10.8 Å². The number of hydrogen-bond acceptors (Lipinski definition) is 1. The Labute approximate surface area is 84.4 Å². The van der Waals surface area contributed by atoms with Crippen LogP contribution in [0.4, 0.5) is 36.1 Å². The Bertz CT molecular complexity index is 405. The quantitative estimate of drug-likeness (QED) is 0.295. The van der Waals surface area contributed by atoms with Gasteiger partial charge in [-0.3, -0.25) is 0 Å². The summed E-state index contributed by atoms with van der Waals surface area (Å²) >= 11 is 0. The molecule has 0 radical (unpaired) electrons. The van der Waals surface area contributed by atoms with Crippen LogP contribution in [0.25, 0.3) is 4.98 Å². The molecule has 10 heteroatoms. The number of benzene rings is 1. The molecule has 0 saturated heterocycles. The van der Waals surface area contributed by atoms with Crippen molar-refractivity contribution >= 4 is 12.9 Å². The van der Waals surface area contributed by atoms with Crippen LogP contribution in [0.3, 0.4) is 0 Å². The highest BCUT2D eigenvalue weighted by Gasteiger charge is 2.21. The van der Waals surface area contributed by atoms with Crippen molar-refractivity contribution in [1.82, 2.24) is 0 Å². The molecule has 0 aliphatic heterocycles. The molecule has 0 bridgehead atoms. The highest BCUT2D eigenvalue weighted by atomic mass is 19.5. The van der Waals surface area contributed by atoms with E-state index in [9.17, 15) is 30.4 Å². The van der Waals surface area contributed by atoms with Crippen molar-refractivity contribution in [2.24, 2.45) is 0 Å². The number of hydrogen-bond donors (Lipinski definition) is 0. The average molecular weight is 246 g/mol. The van der Waals surface area contributed by atoms with Crippen LogP contribution in [-0.2, 0) is 0 Å². The molecule has 0 N–H and O–H groups in total. The van der Waals surface area contributed by atoms with E-state index in [1.54, 1.807) is 0 Å². The zero-order chi connectivity index (χ0) is 12.9. The molecule has 16 heavy (non-hydrogen) atoms. The molecule has 2 nitrogen and oxygen atoms in total. The van der Waals surface area contributed by atoms with Crippen molar-refractivity contribution in [2.45, 2.75) is 0 Å². The highest BCUT2D eigenvalue weighted by molar-refractivity contribution is 6.50. The molecule has 1 aromatic carbocycles. The van der Waals surface area contributed by atoms with Gasteiger partial charge in [0.2, 0.25) is 5.39 Å². The zero-order valence-corrected chi connectivity index (χ0v) is 7.27. The molecule has 0 atom stereocenters. The summed E-state index contributed by atoms with van der Waals surface area (Å²) in [7, 11) is -6.00. The van der Waals surface area contributed by atoms with Gasteiger partial charge in [-0.2, -0.15) is 4.39 Å². The Morgan fingerprint density at radius 3 is 1.81 bits per heavy atom. The second-order valence-electron chi connectivity index (χ2n) is 2.32. The van der Waals surface area contributed by atoms with Crippen LogP contribution >= 0.6 is 0 Å². The molecule has 1 rings (SSSR count). The van der Waals surface area contributed by atoms with Gasteiger partial charge in [0.1, 0.15) is 5.82 Å². The Morgan fingerprint density at radius 2 is 1.44 bits per heavy atom. The Morgan fingerprint density at radius 1 is 1.00 bits per heavy atom. The summed E-state index contributed by atoms with van der Waals surface area (Å²) in [6, 6.07) is 0.947. The Kier molecular flexibility index (Phi) is 4.74. The molecule has 0 aliphatic rings. The molecule has 88 valence electrons. The summed E-state index contributed by atoms with van der Waals surface area (Å²) in [5.74, 6) is -3.73. The summed E-state index contributed by atoms with van der Waals surface area (Å²) in [4.78, 5) is 2.34. The number of rotatable bonds is 0. The molecular weight excluding hydrogens is 244 g/mol. The van der Waals surface area contributed by atoms with Crippen LogP contribution in [0, 0.1) is 22.8 Å². The van der Waals surface area contributed by atoms with Gasteiger partial charge in [-0.1, -0.05) is 0 Å². The maximum absolute atomic E-state index is 12.4. The van der Waals surface area contributed by atoms with Crippen molar-refractivity contribution < 1.29 is 30.4 Å². The van der Waals surface area contributed by atoms with E-state index < -0.39 is 30.4 Å². The first-order valence-electron chi connectivity index (χ1n) is 3.52. The highest BCUT2D eigenvalue weighted by Crippen LogP contribution is 2.21. The van der Waals surface area contributed by atoms with Crippen LogP contribution in [0.15, 0.2) is 12.1 Å². The average Bonchev–Trinajstić information content (AvgIpc) is 2.08. The van der Waals surface area contributed by atoms with Crippen LogP contribution < -0.4 is 0 Å². The standard InChI is InChI=1S/C6H2F3N2.BF4/c7-3-1-4(8)6(9)5(2-3)11-10;2-1(3,4)5/h1-2H;/q+1;-1. The molecule has 0 amide bonds. The first-order valence-corrected chi connectivity index (χ1v) is 3.52. The van der Waals surface area contributed by atoms with Gasteiger partial charge < -0.3 is 17.3 Å². The molecular formula is C6H2BF7N2. The second kappa shape index (κ2) is 5.34. The van der Waals surface area contributed by atoms with Crippen molar-refractivity contribution in [3.8, 4) is 0 Å². The van der Waals surface area contributed by atoms with Crippen molar-refractivity contribution in [2.75, 3.05) is 0 Å². The maximum Gasteiger partial charge on any atom is 0.673 e. The minimum absolute atomic E-state index is 0.365. The normalized spacial score (nSPS) is 10.1. The van der Waals surface area contributed by atoms with Crippen LogP contribution in [-0.4, -0.2) is 7.25 Å². The molecule has 0 spiro atoms. The lowest BCUT2D eigenvalue weighted by molar-refractivity contribution is 0.368. The summed E-state index contributed by atoms with van der Waals surface area (Å²) in [6.45, 7) is 0. The van der Waals surface area contributed by atoms with E-state index >= 15 is 0 Å². The predicted molar refractivity (Wildman–Crippen MR) is 41.2 cm³/mol. The van der Waals surface area contributed by atoms with E-state index in [-0.39, 0.29) is 0 Å². The van der Waals surface area contributed by atoms with Gasteiger partial charge in [0.25, 0.3) is 5.82 Å². The number of halogens is 7. The van der Waals surface area contributed by atoms with Crippen LogP contribution in [0.2, 0.25) is 0 Å². The lowest BCUT2D eigenvalue weighted by atomic mass is 10.3. The molecule has 0 saturated carbocycles. The minimum Gasteiger partial charge on any atom is -0.418 e. The molecule has 0 aliphatic carbocycles. The van der Waals surface area contributed by atoms with E-state index in [1.165, 1.54) is 0 Å². The topological polar surface area (TPSA) is 28.1 Å². The molecule has 0 heterocycles. The van der Waals surface area contributed by atoms with E-state index in [2.05, 4.69) is 4.98 Å². The third-order valence-electron chi connectivity index (χ3n) is 1.08. The lowest BCUT2D eigenvalue weighted by Gasteiger charge is -1.94. The van der Waals surface area contributed by atoms with E-state index in [0.717, 1.165) is 0 Å². The lowest BCUT2D eigenvalue weighted by Crippen LogP contribution is -2.02. The van der Waals surface area contributed by atoms with Gasteiger partial charge >= 0.3 is 12.9 Å². The summed E-state index contributed by atoms with van der Waals surface area (Å²) in [5, 5.41) is 8.02. The largest absolute Gasteiger partial charge is 0.673 e. The fourth-order valence-corrected chi connectivity index (χ4v) is 0.615. The van der Waals surface area contributed by atoms with Crippen molar-refractivity contribution in [1.29, 1.82) is 5.39 Å². The molecule has 0 aromatic heterocycles. The minimum atomic E-state index is -6.00. The van der Waals surface area contributed by atoms with Crippen molar-refractivity contribution in [3.63, 3.8) is 0 Å². The van der Waals surface area contributed by atoms with E-state index in [4.69, 9.17) is 5.39 Å². The maximum atomic E-state index is 12.4. The summed E-state index contributed by atoms with van der Waals surface area (Å²) < 4.78 is 75.8. The third kappa shape index (κ3) is 5.84. The monoisotopic (exact) mass is 246 g/mol. The molecule has 1 aromatic rings. The van der Waals surface area contributed by atoms with Gasteiger partial charge in [-0.25, -0.2) is 8.78 Å². The van der Waals surface area contributed by atoms with Gasteiger partial charge in [0, 0.05) is 6.07 Å². The summed E-state index contributed by atoms with van der Waals surface area (Å²) in [5.41, 5.74) is -0.748. The van der Waals surface area contributed by atoms with Gasteiger partial charge in [-0.05, 0) is 0 Å². The Balaban J connectivity index is 0.000000385. The van der Waals surface area contributed by atoms with E-state index in [1.807, 2.05) is 0 Å². The molecule has 0 fully saturated rings. The first kappa shape index (κ1) is 14.2.